The van der Waals surface area contributed by atoms with Gasteiger partial charge in [0.05, 0.1) is 28.0 Å². The van der Waals surface area contributed by atoms with Crippen LogP contribution in [0.4, 0.5) is 5.82 Å². The van der Waals surface area contributed by atoms with Gasteiger partial charge in [-0.2, -0.15) is 0 Å². The highest BCUT2D eigenvalue weighted by Crippen LogP contribution is 2.36. The van der Waals surface area contributed by atoms with Crippen LogP contribution in [0.25, 0.3) is 33.5 Å². The van der Waals surface area contributed by atoms with E-state index in [0.29, 0.717) is 5.82 Å². The molecule has 0 amide bonds. The Kier molecular flexibility index (Phi) is 3.05. The minimum atomic E-state index is 0.484. The average molecular weight is 301 g/mol. The Morgan fingerprint density at radius 3 is 2.70 bits per heavy atom. The average Bonchev–Trinajstić information content (AvgIpc) is 2.94. The largest absolute Gasteiger partial charge is 0.384 e. The molecule has 0 aliphatic carbocycles. The molecule has 3 N–H and O–H groups in total. The van der Waals surface area contributed by atoms with E-state index in [1.807, 2.05) is 49.4 Å². The molecule has 0 aromatic carbocycles. The minimum Gasteiger partial charge on any atom is -0.384 e. The van der Waals surface area contributed by atoms with Gasteiger partial charge >= 0.3 is 0 Å². The third kappa shape index (κ3) is 2.32. The summed E-state index contributed by atoms with van der Waals surface area (Å²) in [4.78, 5) is 16.7. The van der Waals surface area contributed by atoms with Gasteiger partial charge in [0, 0.05) is 23.7 Å². The van der Waals surface area contributed by atoms with Crippen molar-refractivity contribution in [2.45, 2.75) is 6.92 Å². The number of rotatable bonds is 2. The van der Waals surface area contributed by atoms with Crippen LogP contribution < -0.4 is 5.73 Å². The fourth-order valence-electron chi connectivity index (χ4n) is 2.74. The van der Waals surface area contributed by atoms with Gasteiger partial charge in [0.25, 0.3) is 0 Å². The first-order valence-electron chi connectivity index (χ1n) is 7.35. The van der Waals surface area contributed by atoms with Gasteiger partial charge in [-0.05, 0) is 43.3 Å². The molecule has 0 atom stereocenters. The zero-order valence-corrected chi connectivity index (χ0v) is 12.6. The molecule has 5 heteroatoms. The number of anilines is 1. The number of nitrogens with zero attached hydrogens (tertiary/aromatic N) is 3. The molecule has 0 fully saturated rings. The van der Waals surface area contributed by atoms with Gasteiger partial charge in [-0.15, -0.1) is 0 Å². The van der Waals surface area contributed by atoms with Crippen molar-refractivity contribution in [1.82, 2.24) is 19.9 Å². The number of hydrogen-bond donors (Lipinski definition) is 2. The number of fused-ring (bicyclic) bond motifs is 1. The maximum absolute atomic E-state index is 5.85. The summed E-state index contributed by atoms with van der Waals surface area (Å²) in [5.41, 5.74) is 12.5. The monoisotopic (exact) mass is 301 g/mol. The van der Waals surface area contributed by atoms with Crippen molar-refractivity contribution in [3.05, 3.63) is 60.6 Å². The van der Waals surface area contributed by atoms with Gasteiger partial charge in [0.15, 0.2) is 0 Å². The van der Waals surface area contributed by atoms with Crippen LogP contribution in [-0.4, -0.2) is 19.9 Å². The molecule has 4 rings (SSSR count). The minimum absolute atomic E-state index is 0.484. The van der Waals surface area contributed by atoms with E-state index in [1.54, 1.807) is 12.4 Å². The number of nitrogens with one attached hydrogen (secondary N) is 1. The lowest BCUT2D eigenvalue weighted by molar-refractivity contribution is 1.25. The highest BCUT2D eigenvalue weighted by atomic mass is 14.8. The lowest BCUT2D eigenvalue weighted by Gasteiger charge is -2.05. The molecule has 0 bridgehead atoms. The first-order valence-corrected chi connectivity index (χ1v) is 7.35. The van der Waals surface area contributed by atoms with Crippen LogP contribution in [0, 0.1) is 6.92 Å². The summed E-state index contributed by atoms with van der Waals surface area (Å²) in [5.74, 6) is 0.484. The molecule has 0 saturated carbocycles. The number of aryl methyl sites for hydroxylation is 1. The normalized spacial score (nSPS) is 11.0. The predicted molar refractivity (Wildman–Crippen MR) is 91.7 cm³/mol. The second kappa shape index (κ2) is 5.21. The predicted octanol–water partition coefficient (Wildman–Crippen LogP) is 3.58. The third-order valence-electron chi connectivity index (χ3n) is 3.77. The molecule has 4 heterocycles. The summed E-state index contributed by atoms with van der Waals surface area (Å²) in [6, 6.07) is 13.7. The highest BCUT2D eigenvalue weighted by molar-refractivity contribution is 6.00. The number of aromatic nitrogens is 4. The van der Waals surface area contributed by atoms with Crippen molar-refractivity contribution < 1.29 is 0 Å². The van der Waals surface area contributed by atoms with Crippen LogP contribution >= 0.6 is 0 Å². The fourth-order valence-corrected chi connectivity index (χ4v) is 2.74. The van der Waals surface area contributed by atoms with Crippen molar-refractivity contribution in [1.29, 1.82) is 0 Å². The molecule has 0 aliphatic heterocycles. The second-order valence-corrected chi connectivity index (χ2v) is 5.41. The maximum Gasteiger partial charge on any atom is 0.123 e. The number of aromatic amines is 1. The zero-order valence-electron chi connectivity index (χ0n) is 12.6. The van der Waals surface area contributed by atoms with Gasteiger partial charge in [0.2, 0.25) is 0 Å². The Hall–Kier alpha value is -3.21. The smallest absolute Gasteiger partial charge is 0.123 e. The Morgan fingerprint density at radius 1 is 1.00 bits per heavy atom. The van der Waals surface area contributed by atoms with Crippen LogP contribution in [0.1, 0.15) is 5.69 Å². The van der Waals surface area contributed by atoms with E-state index in [1.165, 1.54) is 0 Å². The van der Waals surface area contributed by atoms with Crippen molar-refractivity contribution in [2.75, 3.05) is 5.73 Å². The zero-order chi connectivity index (χ0) is 15.8. The molecule has 0 aliphatic rings. The van der Waals surface area contributed by atoms with Crippen LogP contribution in [0.15, 0.2) is 54.9 Å². The lowest BCUT2D eigenvalue weighted by atomic mass is 10.0. The van der Waals surface area contributed by atoms with Crippen molar-refractivity contribution in [3.8, 4) is 22.5 Å². The molecule has 4 aromatic heterocycles. The third-order valence-corrected chi connectivity index (χ3v) is 3.77. The lowest BCUT2D eigenvalue weighted by Crippen LogP contribution is -1.91. The first-order chi connectivity index (χ1) is 11.2. The van der Waals surface area contributed by atoms with Crippen LogP contribution in [-0.2, 0) is 0 Å². The Morgan fingerprint density at radius 2 is 1.91 bits per heavy atom. The number of H-pyrrole nitrogens is 1. The van der Waals surface area contributed by atoms with Crippen LogP contribution in [0.3, 0.4) is 0 Å². The van der Waals surface area contributed by atoms with Gasteiger partial charge in [-0.25, -0.2) is 4.98 Å². The topological polar surface area (TPSA) is 80.5 Å². The molecule has 4 aromatic rings. The van der Waals surface area contributed by atoms with E-state index in [9.17, 15) is 0 Å². The molecule has 0 unspecified atom stereocenters. The molecular formula is C18H15N5. The Balaban J connectivity index is 2.08. The van der Waals surface area contributed by atoms with Crippen LogP contribution in [0.2, 0.25) is 0 Å². The van der Waals surface area contributed by atoms with Gasteiger partial charge < -0.3 is 10.7 Å². The van der Waals surface area contributed by atoms with Crippen molar-refractivity contribution in [3.63, 3.8) is 0 Å². The summed E-state index contributed by atoms with van der Waals surface area (Å²) in [5, 5.41) is 0. The Labute approximate surface area is 133 Å². The number of hydrogen-bond acceptors (Lipinski definition) is 4. The summed E-state index contributed by atoms with van der Waals surface area (Å²) >= 11 is 0. The standard InChI is InChI=1S/C18H15N5/c1-11-5-6-14-18(22-11)16(13-4-2-3-8-20-13)17(23-14)12-7-9-21-15(19)10-12/h2-10,23H,1H3,(H2,19,21). The van der Waals surface area contributed by atoms with E-state index < -0.39 is 0 Å². The quantitative estimate of drug-likeness (QED) is 0.593. The molecule has 23 heavy (non-hydrogen) atoms. The van der Waals surface area contributed by atoms with Gasteiger partial charge in [-0.1, -0.05) is 6.07 Å². The molecule has 0 radical (unpaired) electrons. The van der Waals surface area contributed by atoms with E-state index in [2.05, 4.69) is 15.0 Å². The number of nitrogen functional groups attached to an aromatic ring is 1. The first kappa shape index (κ1) is 13.5. The van der Waals surface area contributed by atoms with Crippen molar-refractivity contribution >= 4 is 16.9 Å². The van der Waals surface area contributed by atoms with E-state index in [4.69, 9.17) is 10.7 Å². The molecule has 112 valence electrons. The van der Waals surface area contributed by atoms with Crippen LogP contribution in [0.5, 0.6) is 0 Å². The molecule has 5 nitrogen and oxygen atoms in total. The number of pyridine rings is 3. The molecule has 0 saturated heterocycles. The second-order valence-electron chi connectivity index (χ2n) is 5.41. The fraction of sp³-hybridized carbons (Fsp3) is 0.0556. The van der Waals surface area contributed by atoms with Gasteiger partial charge in [-0.3, -0.25) is 9.97 Å². The maximum atomic E-state index is 5.85. The van der Waals surface area contributed by atoms with E-state index in [-0.39, 0.29) is 0 Å². The summed E-state index contributed by atoms with van der Waals surface area (Å²) in [6.45, 7) is 1.98. The summed E-state index contributed by atoms with van der Waals surface area (Å²) in [7, 11) is 0. The summed E-state index contributed by atoms with van der Waals surface area (Å²) < 4.78 is 0. The van der Waals surface area contributed by atoms with E-state index >= 15 is 0 Å². The summed E-state index contributed by atoms with van der Waals surface area (Å²) in [6.07, 6.45) is 3.49. The van der Waals surface area contributed by atoms with Crippen molar-refractivity contribution in [2.24, 2.45) is 0 Å². The Bertz CT molecular complexity index is 989. The highest BCUT2D eigenvalue weighted by Gasteiger charge is 2.17. The molecule has 0 spiro atoms. The van der Waals surface area contributed by atoms with Gasteiger partial charge in [0.1, 0.15) is 5.82 Å². The SMILES string of the molecule is Cc1ccc2[nH]c(-c3ccnc(N)c3)c(-c3ccccn3)c2n1. The number of nitrogens with two attached hydrogens (primary N) is 1. The van der Waals surface area contributed by atoms with E-state index in [0.717, 1.165) is 39.2 Å². The molecular weight excluding hydrogens is 286 g/mol.